The molecule has 2 atom stereocenters. The molecule has 2 unspecified atom stereocenters. The van der Waals surface area contributed by atoms with Crippen LogP contribution < -0.4 is 5.32 Å². The second kappa shape index (κ2) is 6.92. The van der Waals surface area contributed by atoms with Crippen molar-refractivity contribution in [3.05, 3.63) is 52.1 Å². The number of nitrogens with zero attached hydrogens (tertiary/aromatic N) is 2. The number of imidazole rings is 1. The molecule has 3 nitrogen and oxygen atoms in total. The molecule has 0 fully saturated rings. The van der Waals surface area contributed by atoms with E-state index in [0.717, 1.165) is 6.54 Å². The molecule has 1 aromatic heterocycles. The lowest BCUT2D eigenvalue weighted by atomic mass is 9.85. The molecular formula is C17H24IN3. The van der Waals surface area contributed by atoms with E-state index in [1.54, 1.807) is 0 Å². The average Bonchev–Trinajstić information content (AvgIpc) is 2.90. The first-order valence-electron chi connectivity index (χ1n) is 7.33. The fraction of sp³-hybridized carbons (Fsp3) is 0.471. The van der Waals surface area contributed by atoms with Gasteiger partial charge in [-0.3, -0.25) is 0 Å². The van der Waals surface area contributed by atoms with Crippen LogP contribution in [0.3, 0.4) is 0 Å². The van der Waals surface area contributed by atoms with Crippen LogP contribution in [0.2, 0.25) is 0 Å². The first-order valence-corrected chi connectivity index (χ1v) is 8.41. The molecular weight excluding hydrogens is 373 g/mol. The van der Waals surface area contributed by atoms with Crippen molar-refractivity contribution < 1.29 is 0 Å². The largest absolute Gasteiger partial charge is 0.336 e. The third-order valence-electron chi connectivity index (χ3n) is 3.82. The quantitative estimate of drug-likeness (QED) is 0.765. The number of hydrogen-bond donors (Lipinski definition) is 1. The Balaban J connectivity index is 2.09. The zero-order valence-electron chi connectivity index (χ0n) is 13.2. The van der Waals surface area contributed by atoms with E-state index in [4.69, 9.17) is 0 Å². The maximum atomic E-state index is 4.14. The Morgan fingerprint density at radius 3 is 2.43 bits per heavy atom. The van der Waals surface area contributed by atoms with Crippen LogP contribution in [0.15, 0.2) is 43.0 Å². The zero-order chi connectivity index (χ0) is 15.5. The van der Waals surface area contributed by atoms with Crippen LogP contribution in [0.25, 0.3) is 0 Å². The molecule has 0 saturated carbocycles. The van der Waals surface area contributed by atoms with Crippen molar-refractivity contribution in [3.63, 3.8) is 0 Å². The monoisotopic (exact) mass is 397 g/mol. The van der Waals surface area contributed by atoms with Gasteiger partial charge in [-0.05, 0) is 52.6 Å². The predicted molar refractivity (Wildman–Crippen MR) is 96.2 cm³/mol. The second-order valence-corrected chi connectivity index (χ2v) is 7.86. The van der Waals surface area contributed by atoms with Crippen molar-refractivity contribution in [1.29, 1.82) is 0 Å². The maximum absolute atomic E-state index is 4.14. The first-order chi connectivity index (χ1) is 9.86. The average molecular weight is 397 g/mol. The summed E-state index contributed by atoms with van der Waals surface area (Å²) in [5, 5.41) is 3.78. The summed E-state index contributed by atoms with van der Waals surface area (Å²) >= 11 is 2.34. The smallest absolute Gasteiger partial charge is 0.0946 e. The summed E-state index contributed by atoms with van der Waals surface area (Å²) in [5.41, 5.74) is 1.51. The first kappa shape index (κ1) is 16.5. The molecule has 114 valence electrons. The zero-order valence-corrected chi connectivity index (χ0v) is 15.3. The molecule has 0 spiro atoms. The minimum Gasteiger partial charge on any atom is -0.336 e. The van der Waals surface area contributed by atoms with Gasteiger partial charge in [0.15, 0.2) is 0 Å². The van der Waals surface area contributed by atoms with E-state index in [1.807, 2.05) is 18.7 Å². The third-order valence-corrected chi connectivity index (χ3v) is 4.54. The summed E-state index contributed by atoms with van der Waals surface area (Å²) in [4.78, 5) is 4.14. The molecule has 0 aliphatic rings. The van der Waals surface area contributed by atoms with Crippen LogP contribution in [-0.4, -0.2) is 15.6 Å². The highest BCUT2D eigenvalue weighted by molar-refractivity contribution is 14.1. The molecule has 2 rings (SSSR count). The Hall–Kier alpha value is -0.880. The molecule has 0 saturated heterocycles. The molecule has 1 N–H and O–H groups in total. The van der Waals surface area contributed by atoms with Crippen LogP contribution in [0.5, 0.6) is 0 Å². The van der Waals surface area contributed by atoms with Gasteiger partial charge in [-0.25, -0.2) is 4.98 Å². The van der Waals surface area contributed by atoms with Gasteiger partial charge in [0.05, 0.1) is 6.33 Å². The fourth-order valence-corrected chi connectivity index (χ4v) is 2.69. The third kappa shape index (κ3) is 4.81. The lowest BCUT2D eigenvalue weighted by Gasteiger charge is -2.34. The van der Waals surface area contributed by atoms with Crippen LogP contribution in [0.4, 0.5) is 0 Å². The predicted octanol–water partition coefficient (Wildman–Crippen LogP) is 4.25. The van der Waals surface area contributed by atoms with E-state index >= 15 is 0 Å². The Kier molecular flexibility index (Phi) is 5.43. The van der Waals surface area contributed by atoms with E-state index < -0.39 is 0 Å². The summed E-state index contributed by atoms with van der Waals surface area (Å²) in [7, 11) is 0. The minimum atomic E-state index is 0.182. The topological polar surface area (TPSA) is 29.9 Å². The van der Waals surface area contributed by atoms with Crippen molar-refractivity contribution in [1.82, 2.24) is 14.9 Å². The molecule has 4 heteroatoms. The second-order valence-electron chi connectivity index (χ2n) is 6.62. The number of halogens is 1. The number of hydrogen-bond acceptors (Lipinski definition) is 2. The van der Waals surface area contributed by atoms with Crippen LogP contribution in [0, 0.1) is 8.99 Å². The van der Waals surface area contributed by atoms with Gasteiger partial charge in [0.2, 0.25) is 0 Å². The van der Waals surface area contributed by atoms with Gasteiger partial charge >= 0.3 is 0 Å². The Morgan fingerprint density at radius 2 is 1.90 bits per heavy atom. The highest BCUT2D eigenvalue weighted by atomic mass is 127. The highest BCUT2D eigenvalue weighted by Gasteiger charge is 2.26. The lowest BCUT2D eigenvalue weighted by Crippen LogP contribution is -2.44. The molecule has 1 aromatic carbocycles. The number of benzene rings is 1. The summed E-state index contributed by atoms with van der Waals surface area (Å²) < 4.78 is 3.41. The fourth-order valence-electron chi connectivity index (χ4n) is 2.33. The van der Waals surface area contributed by atoms with E-state index in [0.29, 0.717) is 12.1 Å². The van der Waals surface area contributed by atoms with E-state index in [2.05, 4.69) is 89.4 Å². The number of aromatic nitrogens is 2. The molecule has 0 aliphatic heterocycles. The van der Waals surface area contributed by atoms with E-state index in [-0.39, 0.29) is 5.41 Å². The van der Waals surface area contributed by atoms with Gasteiger partial charge in [0, 0.05) is 34.6 Å². The van der Waals surface area contributed by atoms with E-state index in [1.165, 1.54) is 9.13 Å². The Labute approximate surface area is 141 Å². The number of rotatable bonds is 5. The van der Waals surface area contributed by atoms with Crippen LogP contribution >= 0.6 is 22.6 Å². The van der Waals surface area contributed by atoms with Crippen LogP contribution in [0.1, 0.15) is 39.3 Å². The van der Waals surface area contributed by atoms with Crippen molar-refractivity contribution >= 4 is 22.6 Å². The molecule has 1 heterocycles. The summed E-state index contributed by atoms with van der Waals surface area (Å²) in [6, 6.07) is 9.44. The molecule has 0 radical (unpaired) electrons. The molecule has 0 amide bonds. The van der Waals surface area contributed by atoms with Crippen LogP contribution in [-0.2, 0) is 6.54 Å². The van der Waals surface area contributed by atoms with E-state index in [9.17, 15) is 0 Å². The van der Waals surface area contributed by atoms with Gasteiger partial charge in [0.25, 0.3) is 0 Å². The van der Waals surface area contributed by atoms with Gasteiger partial charge in [-0.15, -0.1) is 0 Å². The van der Waals surface area contributed by atoms with Gasteiger partial charge in [0.1, 0.15) is 0 Å². The molecule has 2 aromatic rings. The van der Waals surface area contributed by atoms with Crippen molar-refractivity contribution in [2.24, 2.45) is 5.41 Å². The van der Waals surface area contributed by atoms with Gasteiger partial charge in [-0.2, -0.15) is 0 Å². The Bertz CT molecular complexity index is 540. The highest BCUT2D eigenvalue weighted by Crippen LogP contribution is 2.24. The van der Waals surface area contributed by atoms with Gasteiger partial charge in [-0.1, -0.05) is 32.9 Å². The molecule has 21 heavy (non-hydrogen) atoms. The maximum Gasteiger partial charge on any atom is 0.0946 e. The summed E-state index contributed by atoms with van der Waals surface area (Å²) in [6.07, 6.45) is 5.74. The SMILES string of the molecule is CC(NC(Cn1ccnc1)C(C)(C)C)c1ccc(I)cc1. The summed E-state index contributed by atoms with van der Waals surface area (Å²) in [6.45, 7) is 10.00. The minimum absolute atomic E-state index is 0.182. The van der Waals surface area contributed by atoms with Gasteiger partial charge < -0.3 is 9.88 Å². The lowest BCUT2D eigenvalue weighted by molar-refractivity contribution is 0.225. The number of nitrogens with one attached hydrogen (secondary N) is 1. The molecule has 0 bridgehead atoms. The Morgan fingerprint density at radius 1 is 1.24 bits per heavy atom. The van der Waals surface area contributed by atoms with Crippen molar-refractivity contribution in [3.8, 4) is 0 Å². The summed E-state index contributed by atoms with van der Waals surface area (Å²) in [5.74, 6) is 0. The normalized spacial score (nSPS) is 14.9. The standard InChI is InChI=1S/C17H24IN3/c1-13(14-5-7-15(18)8-6-14)20-16(17(2,3)4)11-21-10-9-19-12-21/h5-10,12-13,16,20H,11H2,1-4H3. The molecule has 0 aliphatic carbocycles. The van der Waals surface area contributed by atoms with Crippen molar-refractivity contribution in [2.45, 2.75) is 46.3 Å². The van der Waals surface area contributed by atoms with Crippen molar-refractivity contribution in [2.75, 3.05) is 0 Å².